The van der Waals surface area contributed by atoms with Crippen molar-refractivity contribution < 1.29 is 34.0 Å². The second-order valence-corrected chi connectivity index (χ2v) is 6.79. The highest BCUT2D eigenvalue weighted by Crippen LogP contribution is 2.31. The minimum Gasteiger partial charge on any atom is -0.508 e. The molecule has 2 aromatic carbocycles. The lowest BCUT2D eigenvalue weighted by Crippen LogP contribution is -2.34. The minimum atomic E-state index is -0.809. The summed E-state index contributed by atoms with van der Waals surface area (Å²) in [6, 6.07) is 9.77. The Bertz CT molecular complexity index is 875. The molecule has 0 spiro atoms. The molecule has 0 aliphatic rings. The fraction of sp³-hybridized carbons (Fsp3) is 0.364. The zero-order valence-corrected chi connectivity index (χ0v) is 17.0. The van der Waals surface area contributed by atoms with Gasteiger partial charge in [-0.15, -0.1) is 0 Å². The van der Waals surface area contributed by atoms with Crippen LogP contribution in [0, 0.1) is 18.8 Å². The van der Waals surface area contributed by atoms with Gasteiger partial charge in [-0.1, -0.05) is 18.2 Å². The van der Waals surface area contributed by atoms with Crippen LogP contribution in [0.5, 0.6) is 17.2 Å². The SMILES string of the molecule is COC(=O)[C@H](Cc1ccc(O)c(C)c1)[C@@H](Cc1ccc(O)c(OC)c1)C(=O)OC. The highest BCUT2D eigenvalue weighted by molar-refractivity contribution is 5.82. The van der Waals surface area contributed by atoms with Gasteiger partial charge in [0.1, 0.15) is 5.75 Å². The van der Waals surface area contributed by atoms with Crippen LogP contribution in [-0.2, 0) is 31.9 Å². The summed E-state index contributed by atoms with van der Waals surface area (Å²) in [6.45, 7) is 1.76. The number of aromatic hydroxyl groups is 2. The first kappa shape index (κ1) is 22.1. The number of carbonyl (C=O) groups is 2. The van der Waals surface area contributed by atoms with Crippen molar-refractivity contribution in [3.63, 3.8) is 0 Å². The molecule has 0 amide bonds. The molecule has 0 bridgehead atoms. The number of rotatable bonds is 8. The Kier molecular flexibility index (Phi) is 7.47. The Morgan fingerprint density at radius 1 is 0.828 bits per heavy atom. The van der Waals surface area contributed by atoms with Gasteiger partial charge in [-0.3, -0.25) is 9.59 Å². The van der Waals surface area contributed by atoms with Crippen LogP contribution >= 0.6 is 0 Å². The van der Waals surface area contributed by atoms with E-state index in [1.165, 1.54) is 27.4 Å². The number of methoxy groups -OCH3 is 3. The lowest BCUT2D eigenvalue weighted by atomic mass is 9.82. The molecule has 0 saturated heterocycles. The number of aryl methyl sites for hydroxylation is 1. The van der Waals surface area contributed by atoms with Gasteiger partial charge in [0.2, 0.25) is 0 Å². The Labute approximate surface area is 169 Å². The van der Waals surface area contributed by atoms with Gasteiger partial charge in [0.05, 0.1) is 33.2 Å². The van der Waals surface area contributed by atoms with Crippen molar-refractivity contribution in [1.29, 1.82) is 0 Å². The van der Waals surface area contributed by atoms with Crippen LogP contribution in [0.2, 0.25) is 0 Å². The number of ether oxygens (including phenoxy) is 3. The van der Waals surface area contributed by atoms with Crippen LogP contribution in [0.1, 0.15) is 16.7 Å². The van der Waals surface area contributed by atoms with E-state index in [0.29, 0.717) is 11.1 Å². The largest absolute Gasteiger partial charge is 0.508 e. The Morgan fingerprint density at radius 3 is 1.76 bits per heavy atom. The van der Waals surface area contributed by atoms with Crippen molar-refractivity contribution in [3.05, 3.63) is 53.1 Å². The molecule has 7 heteroatoms. The molecule has 2 rings (SSSR count). The fourth-order valence-corrected chi connectivity index (χ4v) is 3.28. The average molecular weight is 402 g/mol. The zero-order chi connectivity index (χ0) is 21.6. The van der Waals surface area contributed by atoms with E-state index in [9.17, 15) is 19.8 Å². The quantitative estimate of drug-likeness (QED) is 0.655. The molecule has 156 valence electrons. The van der Waals surface area contributed by atoms with Gasteiger partial charge in [-0.2, -0.15) is 0 Å². The zero-order valence-electron chi connectivity index (χ0n) is 17.0. The molecule has 7 nitrogen and oxygen atoms in total. The van der Waals surface area contributed by atoms with E-state index in [2.05, 4.69) is 0 Å². The molecular formula is C22H26O7. The van der Waals surface area contributed by atoms with Crippen molar-refractivity contribution in [2.24, 2.45) is 11.8 Å². The van der Waals surface area contributed by atoms with E-state index in [-0.39, 0.29) is 30.1 Å². The first-order valence-corrected chi connectivity index (χ1v) is 9.10. The van der Waals surface area contributed by atoms with Gasteiger partial charge in [0, 0.05) is 0 Å². The fourth-order valence-electron chi connectivity index (χ4n) is 3.28. The van der Waals surface area contributed by atoms with E-state index < -0.39 is 23.8 Å². The molecule has 0 radical (unpaired) electrons. The third kappa shape index (κ3) is 5.40. The first-order chi connectivity index (χ1) is 13.8. The summed E-state index contributed by atoms with van der Waals surface area (Å²) in [4.78, 5) is 25.1. The van der Waals surface area contributed by atoms with Gasteiger partial charge < -0.3 is 24.4 Å². The topological polar surface area (TPSA) is 102 Å². The number of benzene rings is 2. The predicted octanol–water partition coefficient (Wildman–Crippen LogP) is 2.78. The minimum absolute atomic E-state index is 0.0186. The number of phenolic OH excluding ortho intramolecular Hbond substituents is 2. The van der Waals surface area contributed by atoms with Crippen molar-refractivity contribution >= 4 is 11.9 Å². The molecule has 0 heterocycles. The van der Waals surface area contributed by atoms with Gasteiger partial charge in [0.25, 0.3) is 0 Å². The van der Waals surface area contributed by atoms with Crippen molar-refractivity contribution in [2.75, 3.05) is 21.3 Å². The van der Waals surface area contributed by atoms with E-state index in [1.54, 1.807) is 37.3 Å². The molecule has 2 N–H and O–H groups in total. The lowest BCUT2D eigenvalue weighted by Gasteiger charge is -2.24. The predicted molar refractivity (Wildman–Crippen MR) is 106 cm³/mol. The Balaban J connectivity index is 2.39. The summed E-state index contributed by atoms with van der Waals surface area (Å²) in [5, 5.41) is 19.5. The van der Waals surface area contributed by atoms with Gasteiger partial charge >= 0.3 is 11.9 Å². The van der Waals surface area contributed by atoms with Gasteiger partial charge in [0.15, 0.2) is 11.5 Å². The maximum absolute atomic E-state index is 12.6. The molecule has 0 aliphatic heterocycles. The highest BCUT2D eigenvalue weighted by Gasteiger charge is 2.36. The van der Waals surface area contributed by atoms with Crippen LogP contribution in [0.3, 0.4) is 0 Å². The molecule has 0 fully saturated rings. The molecule has 0 aromatic heterocycles. The van der Waals surface area contributed by atoms with Crippen LogP contribution in [0.15, 0.2) is 36.4 Å². The summed E-state index contributed by atoms with van der Waals surface area (Å²) < 4.78 is 15.0. The van der Waals surface area contributed by atoms with E-state index in [0.717, 1.165) is 5.56 Å². The van der Waals surface area contributed by atoms with Crippen LogP contribution in [0.4, 0.5) is 0 Å². The highest BCUT2D eigenvalue weighted by atomic mass is 16.5. The summed E-state index contributed by atoms with van der Waals surface area (Å²) in [5.41, 5.74) is 2.16. The molecule has 2 atom stereocenters. The van der Waals surface area contributed by atoms with Crippen molar-refractivity contribution in [2.45, 2.75) is 19.8 Å². The molecule has 0 saturated carbocycles. The third-order valence-electron chi connectivity index (χ3n) is 4.91. The van der Waals surface area contributed by atoms with Crippen molar-refractivity contribution in [3.8, 4) is 17.2 Å². The van der Waals surface area contributed by atoms with Gasteiger partial charge in [-0.25, -0.2) is 0 Å². The van der Waals surface area contributed by atoms with Crippen LogP contribution in [0.25, 0.3) is 0 Å². The normalized spacial score (nSPS) is 12.7. The Morgan fingerprint density at radius 2 is 1.31 bits per heavy atom. The summed E-state index contributed by atoms with van der Waals surface area (Å²) in [6.07, 6.45) is 0.433. The van der Waals surface area contributed by atoms with E-state index in [4.69, 9.17) is 14.2 Å². The number of hydrogen-bond donors (Lipinski definition) is 2. The second-order valence-electron chi connectivity index (χ2n) is 6.79. The number of phenols is 2. The Hall–Kier alpha value is -3.22. The molecular weight excluding hydrogens is 376 g/mol. The molecule has 29 heavy (non-hydrogen) atoms. The van der Waals surface area contributed by atoms with Crippen LogP contribution < -0.4 is 4.74 Å². The maximum atomic E-state index is 12.6. The van der Waals surface area contributed by atoms with Gasteiger partial charge in [-0.05, 0) is 54.7 Å². The third-order valence-corrected chi connectivity index (χ3v) is 4.91. The summed E-state index contributed by atoms with van der Waals surface area (Å²) >= 11 is 0. The molecule has 0 unspecified atom stereocenters. The monoisotopic (exact) mass is 402 g/mol. The molecule has 0 aliphatic carbocycles. The smallest absolute Gasteiger partial charge is 0.309 e. The second kappa shape index (κ2) is 9.82. The number of carbonyl (C=O) groups excluding carboxylic acids is 2. The van der Waals surface area contributed by atoms with E-state index >= 15 is 0 Å². The standard InChI is InChI=1S/C22H26O7/c1-13-9-14(5-7-18(13)23)10-16(21(25)28-3)17(22(26)29-4)11-15-6-8-19(24)20(12-15)27-2/h5-9,12,16-17,23-24H,10-11H2,1-4H3/t16-,17-/m1/s1. The maximum Gasteiger partial charge on any atom is 0.309 e. The van der Waals surface area contributed by atoms with Crippen molar-refractivity contribution in [1.82, 2.24) is 0 Å². The molecule has 2 aromatic rings. The number of hydrogen-bond acceptors (Lipinski definition) is 7. The van der Waals surface area contributed by atoms with Crippen LogP contribution in [-0.4, -0.2) is 43.5 Å². The first-order valence-electron chi connectivity index (χ1n) is 9.10. The number of esters is 2. The summed E-state index contributed by atoms with van der Waals surface area (Å²) in [5.74, 6) is -2.26. The average Bonchev–Trinajstić information content (AvgIpc) is 2.73. The summed E-state index contributed by atoms with van der Waals surface area (Å²) in [7, 11) is 3.97. The lowest BCUT2D eigenvalue weighted by molar-refractivity contribution is -0.157. The van der Waals surface area contributed by atoms with E-state index in [1.807, 2.05) is 0 Å².